The minimum Gasteiger partial charge on any atom is -0.493 e. The summed E-state index contributed by atoms with van der Waals surface area (Å²) < 4.78 is 15.2. The summed E-state index contributed by atoms with van der Waals surface area (Å²) in [6.45, 7) is 1.53. The Bertz CT molecular complexity index is 746. The van der Waals surface area contributed by atoms with Crippen molar-refractivity contribution in [1.29, 1.82) is 0 Å². The topological polar surface area (TPSA) is 125 Å². The highest BCUT2D eigenvalue weighted by molar-refractivity contribution is 5.99. The molecule has 0 aromatic heterocycles. The molecule has 0 saturated carbocycles. The van der Waals surface area contributed by atoms with E-state index in [2.05, 4.69) is 0 Å². The van der Waals surface area contributed by atoms with Crippen molar-refractivity contribution in [1.82, 2.24) is 4.90 Å². The van der Waals surface area contributed by atoms with E-state index in [4.69, 9.17) is 14.2 Å². The number of rotatable bonds is 7. The second-order valence-corrected chi connectivity index (χ2v) is 5.33. The number of ether oxygens (including phenoxy) is 3. The standard InChI is InChI=1S/C16H18N2O8/c1-3-25-13-7-10(11(18(22)23)8-12(13)24-2)16(21)26-9-15(20)17-6-4-5-14(17)19/h7-8H,3-6,9H2,1-2H3. The number of likely N-dealkylation sites (tertiary alicyclic amines) is 1. The van der Waals surface area contributed by atoms with Crippen molar-refractivity contribution in [3.63, 3.8) is 0 Å². The van der Waals surface area contributed by atoms with Gasteiger partial charge in [0.2, 0.25) is 5.91 Å². The summed E-state index contributed by atoms with van der Waals surface area (Å²) in [5.74, 6) is -1.84. The molecule has 1 aliphatic heterocycles. The number of nitro benzene ring substituents is 1. The van der Waals surface area contributed by atoms with Crippen molar-refractivity contribution in [2.24, 2.45) is 0 Å². The molecule has 0 unspecified atom stereocenters. The van der Waals surface area contributed by atoms with Gasteiger partial charge in [0.15, 0.2) is 18.1 Å². The second kappa shape index (κ2) is 8.28. The Kier molecular flexibility index (Phi) is 6.10. The molecular weight excluding hydrogens is 348 g/mol. The van der Waals surface area contributed by atoms with Gasteiger partial charge < -0.3 is 14.2 Å². The Morgan fingerprint density at radius 2 is 2.04 bits per heavy atom. The van der Waals surface area contributed by atoms with Crippen LogP contribution in [0.2, 0.25) is 0 Å². The van der Waals surface area contributed by atoms with Gasteiger partial charge in [0.1, 0.15) is 5.56 Å². The average Bonchev–Trinajstić information content (AvgIpc) is 3.05. The van der Waals surface area contributed by atoms with Crippen molar-refractivity contribution in [2.45, 2.75) is 19.8 Å². The molecule has 1 fully saturated rings. The molecule has 10 heteroatoms. The number of imide groups is 1. The minimum absolute atomic E-state index is 0.0915. The predicted octanol–water partition coefficient (Wildman–Crippen LogP) is 1.31. The maximum atomic E-state index is 12.2. The lowest BCUT2D eigenvalue weighted by molar-refractivity contribution is -0.385. The molecule has 0 aliphatic carbocycles. The molecule has 10 nitrogen and oxygen atoms in total. The lowest BCUT2D eigenvalue weighted by atomic mass is 10.1. The number of nitrogens with zero attached hydrogens (tertiary/aromatic N) is 2. The van der Waals surface area contributed by atoms with E-state index in [0.29, 0.717) is 6.42 Å². The van der Waals surface area contributed by atoms with Crippen molar-refractivity contribution in [3.05, 3.63) is 27.8 Å². The molecule has 0 N–H and O–H groups in total. The average molecular weight is 366 g/mol. The lowest BCUT2D eigenvalue weighted by Crippen LogP contribution is -2.35. The van der Waals surface area contributed by atoms with Gasteiger partial charge in [-0.1, -0.05) is 0 Å². The number of amides is 2. The van der Waals surface area contributed by atoms with Crippen LogP contribution in [-0.4, -0.2) is 54.5 Å². The highest BCUT2D eigenvalue weighted by atomic mass is 16.6. The highest BCUT2D eigenvalue weighted by Crippen LogP contribution is 2.35. The highest BCUT2D eigenvalue weighted by Gasteiger charge is 2.29. The van der Waals surface area contributed by atoms with Gasteiger partial charge in [0.25, 0.3) is 11.6 Å². The molecule has 140 valence electrons. The van der Waals surface area contributed by atoms with Crippen molar-refractivity contribution < 1.29 is 33.5 Å². The first-order valence-corrected chi connectivity index (χ1v) is 7.88. The molecule has 0 spiro atoms. The number of carbonyl (C=O) groups is 3. The van der Waals surface area contributed by atoms with Gasteiger partial charge in [-0.15, -0.1) is 0 Å². The van der Waals surface area contributed by atoms with Gasteiger partial charge in [-0.2, -0.15) is 0 Å². The van der Waals surface area contributed by atoms with Crippen LogP contribution >= 0.6 is 0 Å². The minimum atomic E-state index is -1.07. The number of carbonyl (C=O) groups excluding carboxylic acids is 3. The van der Waals surface area contributed by atoms with Gasteiger partial charge >= 0.3 is 5.97 Å². The molecule has 2 amide bonds. The van der Waals surface area contributed by atoms with Crippen LogP contribution in [0.4, 0.5) is 5.69 Å². The van der Waals surface area contributed by atoms with E-state index in [1.165, 1.54) is 7.11 Å². The van der Waals surface area contributed by atoms with Crippen LogP contribution in [-0.2, 0) is 14.3 Å². The lowest BCUT2D eigenvalue weighted by Gasteiger charge is -2.14. The number of methoxy groups -OCH3 is 1. The molecule has 1 aliphatic rings. The van der Waals surface area contributed by atoms with Crippen LogP contribution in [0.5, 0.6) is 11.5 Å². The number of nitro groups is 1. The zero-order valence-corrected chi connectivity index (χ0v) is 14.4. The van der Waals surface area contributed by atoms with Crippen molar-refractivity contribution in [3.8, 4) is 11.5 Å². The Morgan fingerprint density at radius 3 is 2.58 bits per heavy atom. The second-order valence-electron chi connectivity index (χ2n) is 5.33. The fraction of sp³-hybridized carbons (Fsp3) is 0.438. The Morgan fingerprint density at radius 1 is 1.31 bits per heavy atom. The molecule has 0 atom stereocenters. The first-order chi connectivity index (χ1) is 12.4. The summed E-state index contributed by atoms with van der Waals surface area (Å²) in [6, 6.07) is 2.18. The van der Waals surface area contributed by atoms with E-state index in [-0.39, 0.29) is 42.5 Å². The third-order valence-corrected chi connectivity index (χ3v) is 3.70. The van der Waals surface area contributed by atoms with E-state index in [9.17, 15) is 24.5 Å². The molecule has 1 saturated heterocycles. The van der Waals surface area contributed by atoms with E-state index in [0.717, 1.165) is 17.0 Å². The number of hydrogen-bond donors (Lipinski definition) is 0. The maximum Gasteiger partial charge on any atom is 0.345 e. The summed E-state index contributed by atoms with van der Waals surface area (Å²) in [6.07, 6.45) is 0.821. The molecule has 2 rings (SSSR count). The third kappa shape index (κ3) is 4.08. The number of benzene rings is 1. The Labute approximate surface area is 148 Å². The molecule has 1 aromatic carbocycles. The first-order valence-electron chi connectivity index (χ1n) is 7.88. The normalized spacial score (nSPS) is 13.5. The van der Waals surface area contributed by atoms with Crippen LogP contribution in [0.1, 0.15) is 30.1 Å². The van der Waals surface area contributed by atoms with E-state index < -0.39 is 29.1 Å². The van der Waals surface area contributed by atoms with Crippen LogP contribution in [0.3, 0.4) is 0 Å². The van der Waals surface area contributed by atoms with Crippen LogP contribution in [0, 0.1) is 10.1 Å². The summed E-state index contributed by atoms with van der Waals surface area (Å²) in [7, 11) is 1.31. The summed E-state index contributed by atoms with van der Waals surface area (Å²) in [5.41, 5.74) is -0.917. The van der Waals surface area contributed by atoms with Gasteiger partial charge in [-0.25, -0.2) is 4.79 Å². The summed E-state index contributed by atoms with van der Waals surface area (Å²) in [5, 5.41) is 11.2. The molecule has 26 heavy (non-hydrogen) atoms. The number of esters is 1. The zero-order chi connectivity index (χ0) is 19.3. The van der Waals surface area contributed by atoms with Crippen LogP contribution in [0.15, 0.2) is 12.1 Å². The Balaban J connectivity index is 2.20. The molecule has 1 aromatic rings. The monoisotopic (exact) mass is 366 g/mol. The van der Waals surface area contributed by atoms with Gasteiger partial charge in [-0.05, 0) is 13.3 Å². The number of hydrogen-bond acceptors (Lipinski definition) is 8. The SMILES string of the molecule is CCOc1cc(C(=O)OCC(=O)N2CCCC2=O)c([N+](=O)[O-])cc1OC. The van der Waals surface area contributed by atoms with Crippen molar-refractivity contribution in [2.75, 3.05) is 26.9 Å². The summed E-state index contributed by atoms with van der Waals surface area (Å²) >= 11 is 0. The molecule has 0 radical (unpaired) electrons. The fourth-order valence-electron chi connectivity index (χ4n) is 2.49. The molecule has 1 heterocycles. The van der Waals surface area contributed by atoms with Gasteiger partial charge in [-0.3, -0.25) is 24.6 Å². The third-order valence-electron chi connectivity index (χ3n) is 3.70. The van der Waals surface area contributed by atoms with E-state index >= 15 is 0 Å². The van der Waals surface area contributed by atoms with E-state index in [1.54, 1.807) is 6.92 Å². The molecular formula is C16H18N2O8. The van der Waals surface area contributed by atoms with Crippen LogP contribution in [0.25, 0.3) is 0 Å². The maximum absolute atomic E-state index is 12.2. The smallest absolute Gasteiger partial charge is 0.345 e. The first kappa shape index (κ1) is 19.2. The van der Waals surface area contributed by atoms with Crippen LogP contribution < -0.4 is 9.47 Å². The largest absolute Gasteiger partial charge is 0.493 e. The van der Waals surface area contributed by atoms with Gasteiger partial charge in [0, 0.05) is 19.0 Å². The summed E-state index contributed by atoms with van der Waals surface area (Å²) in [4.78, 5) is 47.2. The van der Waals surface area contributed by atoms with E-state index in [1.807, 2.05) is 0 Å². The zero-order valence-electron chi connectivity index (χ0n) is 14.4. The van der Waals surface area contributed by atoms with Crippen molar-refractivity contribution >= 4 is 23.5 Å². The predicted molar refractivity (Wildman–Crippen MR) is 87.1 cm³/mol. The van der Waals surface area contributed by atoms with Gasteiger partial charge in [0.05, 0.1) is 24.7 Å². The fourth-order valence-corrected chi connectivity index (χ4v) is 2.49. The Hall–Kier alpha value is -3.17. The molecule has 0 bridgehead atoms. The quantitative estimate of drug-likeness (QED) is 0.402.